The monoisotopic (exact) mass is 435 g/mol. The summed E-state index contributed by atoms with van der Waals surface area (Å²) in [6.07, 6.45) is 7.96. The van der Waals surface area contributed by atoms with Crippen LogP contribution in [0.15, 0.2) is 35.9 Å². The Morgan fingerprint density at radius 3 is 2.62 bits per heavy atom. The Hall–Kier alpha value is -3.55. The van der Waals surface area contributed by atoms with Gasteiger partial charge in [0.2, 0.25) is 0 Å². The van der Waals surface area contributed by atoms with E-state index in [0.29, 0.717) is 5.56 Å². The molecule has 4 rings (SSSR count). The van der Waals surface area contributed by atoms with Crippen LogP contribution in [-0.2, 0) is 6.54 Å². The molecule has 1 aliphatic heterocycles. The Balaban J connectivity index is 1.53. The van der Waals surface area contributed by atoms with Crippen LogP contribution in [0, 0.1) is 24.0 Å². The van der Waals surface area contributed by atoms with Gasteiger partial charge in [-0.1, -0.05) is 17.7 Å². The number of hydrogen-bond donors (Lipinski definition) is 0. The summed E-state index contributed by atoms with van der Waals surface area (Å²) in [5.74, 6) is -1.85. The topological polar surface area (TPSA) is 103 Å². The molecule has 8 heteroatoms. The lowest BCUT2D eigenvalue weighted by molar-refractivity contribution is -0.385. The van der Waals surface area contributed by atoms with Crippen molar-refractivity contribution in [2.75, 3.05) is 6.54 Å². The number of allylic oxidation sites excluding steroid dienone is 2. The van der Waals surface area contributed by atoms with Crippen molar-refractivity contribution in [3.8, 4) is 0 Å². The molecule has 2 aromatic rings. The lowest BCUT2D eigenvalue weighted by atomic mass is 9.97. The smallest absolute Gasteiger partial charge is 0.282 e. The largest absolute Gasteiger partial charge is 0.348 e. The van der Waals surface area contributed by atoms with E-state index < -0.39 is 29.0 Å². The first kappa shape index (κ1) is 21.7. The molecule has 8 nitrogen and oxygen atoms in total. The molecule has 0 radical (unpaired) electrons. The number of aromatic nitrogens is 1. The third kappa shape index (κ3) is 3.77. The number of carbonyl (C=O) groups is 3. The predicted molar refractivity (Wildman–Crippen MR) is 118 cm³/mol. The number of Topliss-reactive ketones (excluding diaryl/α,β-unsaturated/α-hetero) is 1. The average Bonchev–Trinajstić information content (AvgIpc) is 3.20. The van der Waals surface area contributed by atoms with Gasteiger partial charge in [0.05, 0.1) is 17.0 Å². The Bertz CT molecular complexity index is 1170. The molecule has 2 amide bonds. The van der Waals surface area contributed by atoms with E-state index in [9.17, 15) is 24.5 Å². The number of nitro benzene ring substituents is 1. The van der Waals surface area contributed by atoms with Gasteiger partial charge in [-0.2, -0.15) is 0 Å². The van der Waals surface area contributed by atoms with Crippen molar-refractivity contribution in [3.05, 3.63) is 74.1 Å². The van der Waals surface area contributed by atoms with E-state index in [1.54, 1.807) is 6.07 Å². The summed E-state index contributed by atoms with van der Waals surface area (Å²) >= 11 is 0. The third-order valence-corrected chi connectivity index (χ3v) is 6.39. The van der Waals surface area contributed by atoms with Gasteiger partial charge in [-0.25, -0.2) is 0 Å². The van der Waals surface area contributed by atoms with Gasteiger partial charge in [0.25, 0.3) is 17.5 Å². The minimum Gasteiger partial charge on any atom is -0.348 e. The molecule has 0 unspecified atom stereocenters. The number of fused-ring (bicyclic) bond motifs is 1. The van der Waals surface area contributed by atoms with Gasteiger partial charge < -0.3 is 4.57 Å². The SMILES string of the molecule is Cc1cc(C(=O)CN2C(=O)c3cccc([N+](=O)[O-])c3C2=O)c(C)n1CCC1=CCCCC1. The zero-order valence-electron chi connectivity index (χ0n) is 18.2. The first-order valence-corrected chi connectivity index (χ1v) is 10.8. The van der Waals surface area contributed by atoms with Crippen LogP contribution in [0.3, 0.4) is 0 Å². The van der Waals surface area contributed by atoms with Crippen molar-refractivity contribution in [2.24, 2.45) is 0 Å². The lowest BCUT2D eigenvalue weighted by Gasteiger charge is -2.15. The maximum Gasteiger partial charge on any atom is 0.282 e. The number of nitrogens with zero attached hydrogens (tertiary/aromatic N) is 3. The maximum absolute atomic E-state index is 13.0. The fourth-order valence-corrected chi connectivity index (χ4v) is 4.65. The summed E-state index contributed by atoms with van der Waals surface area (Å²) in [7, 11) is 0. The van der Waals surface area contributed by atoms with Crippen LogP contribution in [0.1, 0.15) is 74.6 Å². The van der Waals surface area contributed by atoms with Crippen molar-refractivity contribution in [3.63, 3.8) is 0 Å². The fourth-order valence-electron chi connectivity index (χ4n) is 4.65. The van der Waals surface area contributed by atoms with Crippen LogP contribution in [0.4, 0.5) is 5.69 Å². The van der Waals surface area contributed by atoms with E-state index in [4.69, 9.17) is 0 Å². The second-order valence-corrected chi connectivity index (χ2v) is 8.37. The second-order valence-electron chi connectivity index (χ2n) is 8.37. The first-order chi connectivity index (χ1) is 15.3. The summed E-state index contributed by atoms with van der Waals surface area (Å²) in [6, 6.07) is 5.71. The molecular weight excluding hydrogens is 410 g/mol. The number of rotatable bonds is 7. The molecule has 0 fully saturated rings. The Morgan fingerprint density at radius 2 is 1.94 bits per heavy atom. The Labute approximate surface area is 185 Å². The summed E-state index contributed by atoms with van der Waals surface area (Å²) in [4.78, 5) is 49.9. The quantitative estimate of drug-likeness (QED) is 0.211. The highest BCUT2D eigenvalue weighted by molar-refractivity contribution is 6.24. The highest BCUT2D eigenvalue weighted by Crippen LogP contribution is 2.31. The maximum atomic E-state index is 13.0. The summed E-state index contributed by atoms with van der Waals surface area (Å²) in [5, 5.41) is 11.3. The minimum atomic E-state index is -0.802. The number of ketones is 1. The molecule has 2 aliphatic rings. The van der Waals surface area contributed by atoms with Gasteiger partial charge in [-0.3, -0.25) is 29.4 Å². The Morgan fingerprint density at radius 1 is 1.16 bits per heavy atom. The number of benzene rings is 1. The van der Waals surface area contributed by atoms with Crippen molar-refractivity contribution in [1.82, 2.24) is 9.47 Å². The molecule has 0 spiro atoms. The van der Waals surface area contributed by atoms with Crippen molar-refractivity contribution in [2.45, 2.75) is 52.5 Å². The second kappa shape index (κ2) is 8.53. The van der Waals surface area contributed by atoms with Gasteiger partial charge in [-0.15, -0.1) is 0 Å². The number of nitro groups is 1. The molecule has 0 N–H and O–H groups in total. The molecule has 0 saturated carbocycles. The standard InChI is InChI=1S/C24H25N3O5/c1-15-13-19(16(2)25(15)12-11-17-7-4-3-5-8-17)21(28)14-26-23(29)18-9-6-10-20(27(31)32)22(18)24(26)30/h6-7,9-10,13H,3-5,8,11-12,14H2,1-2H3. The molecule has 0 saturated heterocycles. The van der Waals surface area contributed by atoms with Crippen LogP contribution < -0.4 is 0 Å². The number of amides is 2. The van der Waals surface area contributed by atoms with Crippen LogP contribution in [0.2, 0.25) is 0 Å². The van der Waals surface area contributed by atoms with Crippen LogP contribution in [0.5, 0.6) is 0 Å². The predicted octanol–water partition coefficient (Wildman–Crippen LogP) is 4.38. The lowest BCUT2D eigenvalue weighted by Crippen LogP contribution is -2.35. The van der Waals surface area contributed by atoms with Crippen LogP contribution in [0.25, 0.3) is 0 Å². The molecule has 166 valence electrons. The highest BCUT2D eigenvalue weighted by Gasteiger charge is 2.41. The van der Waals surface area contributed by atoms with Gasteiger partial charge in [0.1, 0.15) is 5.56 Å². The number of carbonyl (C=O) groups excluding carboxylic acids is 3. The molecule has 0 atom stereocenters. The minimum absolute atomic E-state index is 0.0387. The van der Waals surface area contributed by atoms with Crippen LogP contribution in [-0.4, -0.2) is 38.5 Å². The first-order valence-electron chi connectivity index (χ1n) is 10.8. The summed E-state index contributed by atoms with van der Waals surface area (Å²) < 4.78 is 2.09. The normalized spacial score (nSPS) is 15.7. The molecule has 1 aliphatic carbocycles. The van der Waals surface area contributed by atoms with Crippen molar-refractivity contribution in [1.29, 1.82) is 0 Å². The molecule has 0 bridgehead atoms. The van der Waals surface area contributed by atoms with E-state index in [1.807, 2.05) is 13.8 Å². The zero-order valence-corrected chi connectivity index (χ0v) is 18.2. The highest BCUT2D eigenvalue weighted by atomic mass is 16.6. The van der Waals surface area contributed by atoms with Gasteiger partial charge in [-0.05, 0) is 58.1 Å². The van der Waals surface area contributed by atoms with Gasteiger partial charge in [0, 0.05) is 29.6 Å². The van der Waals surface area contributed by atoms with E-state index in [1.165, 1.54) is 36.6 Å². The molecule has 2 heterocycles. The third-order valence-electron chi connectivity index (χ3n) is 6.39. The van der Waals surface area contributed by atoms with E-state index in [-0.39, 0.29) is 16.9 Å². The molecule has 1 aromatic heterocycles. The number of hydrogen-bond acceptors (Lipinski definition) is 5. The van der Waals surface area contributed by atoms with Gasteiger partial charge >= 0.3 is 0 Å². The Kier molecular flexibility index (Phi) is 5.78. The fraction of sp³-hybridized carbons (Fsp3) is 0.375. The molecule has 1 aromatic carbocycles. The number of imide groups is 1. The van der Waals surface area contributed by atoms with Crippen LogP contribution >= 0.6 is 0 Å². The van der Waals surface area contributed by atoms with E-state index in [0.717, 1.165) is 42.1 Å². The van der Waals surface area contributed by atoms with E-state index >= 15 is 0 Å². The van der Waals surface area contributed by atoms with Crippen molar-refractivity contribution >= 4 is 23.3 Å². The summed E-state index contributed by atoms with van der Waals surface area (Å²) in [5.41, 5.74) is 2.94. The average molecular weight is 435 g/mol. The van der Waals surface area contributed by atoms with Gasteiger partial charge in [0.15, 0.2) is 5.78 Å². The summed E-state index contributed by atoms with van der Waals surface area (Å²) in [6.45, 7) is 4.13. The molecule has 32 heavy (non-hydrogen) atoms. The number of aryl methyl sites for hydroxylation is 1. The molecular formula is C24H25N3O5. The zero-order chi connectivity index (χ0) is 23.0. The van der Waals surface area contributed by atoms with E-state index in [2.05, 4.69) is 10.6 Å². The van der Waals surface area contributed by atoms with Crippen molar-refractivity contribution < 1.29 is 19.3 Å².